The Kier molecular flexibility index (Phi) is 6.59. The van der Waals surface area contributed by atoms with Gasteiger partial charge in [-0.3, -0.25) is 4.79 Å². The largest absolute Gasteiger partial charge is 0.466 e. The van der Waals surface area contributed by atoms with Gasteiger partial charge in [-0.2, -0.15) is 0 Å². The Morgan fingerprint density at radius 2 is 1.96 bits per heavy atom. The lowest BCUT2D eigenvalue weighted by Gasteiger charge is -2.22. The summed E-state index contributed by atoms with van der Waals surface area (Å²) in [6, 6.07) is 12.6. The van der Waals surface area contributed by atoms with Crippen molar-refractivity contribution in [1.29, 1.82) is 0 Å². The number of furan rings is 1. The van der Waals surface area contributed by atoms with Crippen LogP contribution in [0.3, 0.4) is 0 Å². The van der Waals surface area contributed by atoms with Gasteiger partial charge in [0.2, 0.25) is 5.91 Å². The number of aliphatic imine (C=N–C) groups is 1. The molecule has 0 radical (unpaired) electrons. The lowest BCUT2D eigenvalue weighted by molar-refractivity contribution is -0.114. The maximum Gasteiger partial charge on any atom is 0.246 e. The van der Waals surface area contributed by atoms with E-state index < -0.39 is 5.60 Å². The van der Waals surface area contributed by atoms with Gasteiger partial charge >= 0.3 is 0 Å². The molecule has 25 heavy (non-hydrogen) atoms. The molecule has 0 saturated heterocycles. The Bertz CT molecular complexity index is 682. The molecule has 0 saturated carbocycles. The van der Waals surface area contributed by atoms with Crippen LogP contribution in [0.2, 0.25) is 0 Å². The van der Waals surface area contributed by atoms with Crippen LogP contribution >= 0.6 is 0 Å². The Labute approximate surface area is 147 Å². The highest BCUT2D eigenvalue weighted by atomic mass is 16.4. The molecule has 2 rings (SSSR count). The van der Waals surface area contributed by atoms with Gasteiger partial charge in [0.1, 0.15) is 17.9 Å². The smallest absolute Gasteiger partial charge is 0.246 e. The van der Waals surface area contributed by atoms with Gasteiger partial charge < -0.3 is 25.5 Å². The number of guanidine groups is 1. The number of benzene rings is 1. The Morgan fingerprint density at radius 1 is 1.20 bits per heavy atom. The number of para-hydroxylation sites is 1. The molecule has 1 heterocycles. The highest BCUT2D eigenvalue weighted by Crippen LogP contribution is 2.19. The molecule has 0 aliphatic rings. The number of aliphatic hydroxyl groups is 1. The second-order valence-corrected chi connectivity index (χ2v) is 5.71. The van der Waals surface area contributed by atoms with E-state index in [1.807, 2.05) is 37.3 Å². The summed E-state index contributed by atoms with van der Waals surface area (Å²) in [4.78, 5) is 16.2. The molecular weight excluding hydrogens is 320 g/mol. The predicted octanol–water partition coefficient (Wildman–Crippen LogP) is 1.68. The van der Waals surface area contributed by atoms with Crippen molar-refractivity contribution >= 4 is 17.6 Å². The minimum absolute atomic E-state index is 0.0346. The fourth-order valence-corrected chi connectivity index (χ4v) is 2.14. The second kappa shape index (κ2) is 8.89. The SMILES string of the molecule is CCNC(=NCC(=O)Nc1ccccc1)NCC(C)(O)c1ccco1. The zero-order valence-corrected chi connectivity index (χ0v) is 14.5. The molecule has 0 spiro atoms. The monoisotopic (exact) mass is 344 g/mol. The molecule has 0 fully saturated rings. The van der Waals surface area contributed by atoms with E-state index in [-0.39, 0.29) is 19.0 Å². The highest BCUT2D eigenvalue weighted by molar-refractivity contribution is 5.94. The summed E-state index contributed by atoms with van der Waals surface area (Å²) < 4.78 is 5.24. The van der Waals surface area contributed by atoms with E-state index in [1.165, 1.54) is 6.26 Å². The molecule has 2 aromatic rings. The van der Waals surface area contributed by atoms with Crippen LogP contribution in [-0.2, 0) is 10.4 Å². The molecule has 0 aliphatic carbocycles. The number of nitrogens with zero attached hydrogens (tertiary/aromatic N) is 1. The van der Waals surface area contributed by atoms with Gasteiger partial charge in [-0.15, -0.1) is 0 Å². The van der Waals surface area contributed by atoms with E-state index in [4.69, 9.17) is 4.42 Å². The van der Waals surface area contributed by atoms with Crippen LogP contribution in [0.4, 0.5) is 5.69 Å². The van der Waals surface area contributed by atoms with Gasteiger partial charge in [0, 0.05) is 12.2 Å². The number of anilines is 1. The zero-order valence-electron chi connectivity index (χ0n) is 14.5. The Morgan fingerprint density at radius 3 is 2.60 bits per heavy atom. The van der Waals surface area contributed by atoms with Crippen molar-refractivity contribution < 1.29 is 14.3 Å². The topological polar surface area (TPSA) is 98.9 Å². The molecule has 1 aromatic carbocycles. The maximum absolute atomic E-state index is 12.0. The first-order valence-electron chi connectivity index (χ1n) is 8.14. The number of amides is 1. The summed E-state index contributed by atoms with van der Waals surface area (Å²) in [5.74, 6) is 0.677. The van der Waals surface area contributed by atoms with E-state index >= 15 is 0 Å². The third-order valence-electron chi connectivity index (χ3n) is 3.43. The average molecular weight is 344 g/mol. The average Bonchev–Trinajstić information content (AvgIpc) is 3.14. The van der Waals surface area contributed by atoms with E-state index in [2.05, 4.69) is 20.9 Å². The van der Waals surface area contributed by atoms with Gasteiger partial charge in [-0.05, 0) is 38.1 Å². The molecule has 1 atom stereocenters. The Hall–Kier alpha value is -2.80. The third-order valence-corrected chi connectivity index (χ3v) is 3.43. The minimum Gasteiger partial charge on any atom is -0.466 e. The summed E-state index contributed by atoms with van der Waals surface area (Å²) in [6.07, 6.45) is 1.51. The third kappa shape index (κ3) is 5.96. The molecule has 1 aromatic heterocycles. The second-order valence-electron chi connectivity index (χ2n) is 5.71. The number of rotatable bonds is 7. The van der Waals surface area contributed by atoms with Crippen LogP contribution in [0.15, 0.2) is 58.1 Å². The van der Waals surface area contributed by atoms with Crippen molar-refractivity contribution in [3.63, 3.8) is 0 Å². The fraction of sp³-hybridized carbons (Fsp3) is 0.333. The molecule has 134 valence electrons. The standard InChI is InChI=1S/C18H24N4O3/c1-3-19-17(21-13-18(2,24)15-10-7-11-25-15)20-12-16(23)22-14-8-5-4-6-9-14/h4-11,24H,3,12-13H2,1-2H3,(H,22,23)(H2,19,20,21). The van der Waals surface area contributed by atoms with Gasteiger partial charge in [-0.25, -0.2) is 4.99 Å². The lowest BCUT2D eigenvalue weighted by Crippen LogP contribution is -2.44. The molecule has 0 bridgehead atoms. The number of nitrogens with one attached hydrogen (secondary N) is 3. The molecule has 4 N–H and O–H groups in total. The summed E-state index contributed by atoms with van der Waals surface area (Å²) in [7, 11) is 0. The van der Waals surface area contributed by atoms with Crippen LogP contribution in [0.5, 0.6) is 0 Å². The van der Waals surface area contributed by atoms with Crippen molar-refractivity contribution in [3.05, 3.63) is 54.5 Å². The van der Waals surface area contributed by atoms with Crippen LogP contribution in [0.1, 0.15) is 19.6 Å². The summed E-state index contributed by atoms with van der Waals surface area (Å²) in [5.41, 5.74) is -0.465. The molecular formula is C18H24N4O3. The van der Waals surface area contributed by atoms with E-state index in [9.17, 15) is 9.90 Å². The predicted molar refractivity (Wildman–Crippen MR) is 97.3 cm³/mol. The van der Waals surface area contributed by atoms with Gasteiger partial charge in [0.05, 0.1) is 12.8 Å². The van der Waals surface area contributed by atoms with Gasteiger partial charge in [0.25, 0.3) is 0 Å². The number of carbonyl (C=O) groups excluding carboxylic acids is 1. The number of hydrogen-bond donors (Lipinski definition) is 4. The fourth-order valence-electron chi connectivity index (χ4n) is 2.14. The minimum atomic E-state index is -1.19. The van der Waals surface area contributed by atoms with Crippen molar-refractivity contribution in [1.82, 2.24) is 10.6 Å². The first-order valence-corrected chi connectivity index (χ1v) is 8.14. The molecule has 0 aliphatic heterocycles. The first kappa shape index (κ1) is 18.5. The van der Waals surface area contributed by atoms with Crippen molar-refractivity contribution in [2.24, 2.45) is 4.99 Å². The molecule has 7 heteroatoms. The van der Waals surface area contributed by atoms with Crippen LogP contribution in [-0.4, -0.2) is 36.6 Å². The van der Waals surface area contributed by atoms with Crippen LogP contribution in [0, 0.1) is 0 Å². The highest BCUT2D eigenvalue weighted by Gasteiger charge is 2.26. The van der Waals surface area contributed by atoms with Gasteiger partial charge in [-0.1, -0.05) is 18.2 Å². The van der Waals surface area contributed by atoms with Gasteiger partial charge in [0.15, 0.2) is 5.96 Å². The Balaban J connectivity index is 1.90. The van der Waals surface area contributed by atoms with Crippen molar-refractivity contribution in [2.45, 2.75) is 19.4 Å². The zero-order chi connectivity index (χ0) is 18.1. The molecule has 7 nitrogen and oxygen atoms in total. The molecule has 1 amide bonds. The van der Waals surface area contributed by atoms with Crippen molar-refractivity contribution in [2.75, 3.05) is 25.0 Å². The van der Waals surface area contributed by atoms with Crippen molar-refractivity contribution in [3.8, 4) is 0 Å². The van der Waals surface area contributed by atoms with E-state index in [0.29, 0.717) is 18.3 Å². The molecule has 1 unspecified atom stereocenters. The summed E-state index contributed by atoms with van der Waals surface area (Å²) >= 11 is 0. The quantitative estimate of drug-likeness (QED) is 0.452. The summed E-state index contributed by atoms with van der Waals surface area (Å²) in [6.45, 7) is 4.35. The first-order chi connectivity index (χ1) is 12.0. The number of hydrogen-bond acceptors (Lipinski definition) is 4. The van der Waals surface area contributed by atoms with Crippen LogP contribution < -0.4 is 16.0 Å². The number of carbonyl (C=O) groups is 1. The van der Waals surface area contributed by atoms with E-state index in [0.717, 1.165) is 5.69 Å². The van der Waals surface area contributed by atoms with E-state index in [1.54, 1.807) is 19.1 Å². The maximum atomic E-state index is 12.0. The van der Waals surface area contributed by atoms with Crippen LogP contribution in [0.25, 0.3) is 0 Å². The summed E-state index contributed by atoms with van der Waals surface area (Å²) in [5, 5.41) is 19.3. The lowest BCUT2D eigenvalue weighted by atomic mass is 10.0. The normalized spacial score (nSPS) is 13.8.